The zero-order chi connectivity index (χ0) is 20.4. The highest BCUT2D eigenvalue weighted by Crippen LogP contribution is 2.36. The van der Waals surface area contributed by atoms with Gasteiger partial charge in [-0.05, 0) is 36.6 Å². The summed E-state index contributed by atoms with van der Waals surface area (Å²) in [7, 11) is 1.71. The summed E-state index contributed by atoms with van der Waals surface area (Å²) < 4.78 is 5.56. The zero-order valence-electron chi connectivity index (χ0n) is 17.3. The summed E-state index contributed by atoms with van der Waals surface area (Å²) in [5, 5.41) is 8.21. The highest BCUT2D eigenvalue weighted by Gasteiger charge is 2.45. The second-order valence-corrected chi connectivity index (χ2v) is 8.36. The first-order valence-electron chi connectivity index (χ1n) is 10.2. The van der Waals surface area contributed by atoms with Crippen LogP contribution in [0.4, 0.5) is 0 Å². The minimum absolute atomic E-state index is 0.0714. The lowest BCUT2D eigenvalue weighted by molar-refractivity contribution is -0.130. The number of carbonyl (C=O) groups is 1. The minimum Gasteiger partial charge on any atom is -0.361 e. The number of carbonyl (C=O) groups excluding carboxylic acids is 1. The van der Waals surface area contributed by atoms with Crippen LogP contribution in [0.5, 0.6) is 0 Å². The molecule has 0 aliphatic carbocycles. The van der Waals surface area contributed by atoms with Crippen LogP contribution in [0.1, 0.15) is 43.2 Å². The molecule has 1 atom stereocenters. The number of nitrogens with zero attached hydrogens (tertiary/aromatic N) is 3. The molecule has 0 saturated carbocycles. The monoisotopic (exact) mass is 392 g/mol. The fourth-order valence-electron chi connectivity index (χ4n) is 4.32. The highest BCUT2D eigenvalue weighted by atomic mass is 16.5. The number of pyridine rings is 1. The molecule has 0 radical (unpaired) electrons. The van der Waals surface area contributed by atoms with Crippen molar-refractivity contribution in [1.82, 2.24) is 20.4 Å². The Kier molecular flexibility index (Phi) is 5.37. The first-order chi connectivity index (χ1) is 14.0. The molecule has 0 spiro atoms. The van der Waals surface area contributed by atoms with Gasteiger partial charge in [0, 0.05) is 44.2 Å². The Labute approximate surface area is 171 Å². The van der Waals surface area contributed by atoms with E-state index in [9.17, 15) is 4.79 Å². The molecule has 2 aromatic heterocycles. The van der Waals surface area contributed by atoms with Crippen LogP contribution in [0.15, 0.2) is 47.1 Å². The fraction of sp³-hybridized carbons (Fsp3) is 0.435. The molecule has 3 heterocycles. The quantitative estimate of drug-likeness (QED) is 0.695. The van der Waals surface area contributed by atoms with Crippen LogP contribution in [0.25, 0.3) is 10.9 Å². The largest absolute Gasteiger partial charge is 0.361 e. The molecule has 0 bridgehead atoms. The van der Waals surface area contributed by atoms with Crippen LogP contribution in [-0.4, -0.2) is 41.1 Å². The normalized spacial score (nSPS) is 19.9. The van der Waals surface area contributed by atoms with E-state index in [1.807, 2.05) is 30.5 Å². The fourth-order valence-corrected chi connectivity index (χ4v) is 4.32. The number of amides is 1. The lowest BCUT2D eigenvalue weighted by Gasteiger charge is -2.26. The van der Waals surface area contributed by atoms with Crippen molar-refractivity contribution in [2.45, 2.75) is 39.2 Å². The van der Waals surface area contributed by atoms with Crippen molar-refractivity contribution in [2.75, 3.05) is 20.1 Å². The summed E-state index contributed by atoms with van der Waals surface area (Å²) in [6.07, 6.45) is 3.23. The van der Waals surface area contributed by atoms with E-state index in [4.69, 9.17) is 4.52 Å². The van der Waals surface area contributed by atoms with Crippen molar-refractivity contribution in [2.24, 2.45) is 5.41 Å². The van der Waals surface area contributed by atoms with E-state index in [-0.39, 0.29) is 5.91 Å². The molecule has 1 amide bonds. The summed E-state index contributed by atoms with van der Waals surface area (Å²) in [5.74, 6) is 1.17. The number of rotatable bonds is 6. The van der Waals surface area contributed by atoms with Gasteiger partial charge in [-0.3, -0.25) is 14.7 Å². The molecule has 1 aliphatic rings. The van der Waals surface area contributed by atoms with Gasteiger partial charge in [-0.25, -0.2) is 0 Å². The molecule has 6 heteroatoms. The summed E-state index contributed by atoms with van der Waals surface area (Å²) in [5.41, 5.74) is 2.69. The second-order valence-electron chi connectivity index (χ2n) is 8.36. The maximum atomic E-state index is 12.9. The molecule has 1 aliphatic heterocycles. The molecule has 1 N–H and O–H groups in total. The molecule has 4 rings (SSSR count). The summed E-state index contributed by atoms with van der Waals surface area (Å²) >= 11 is 0. The Morgan fingerprint density at radius 3 is 2.90 bits per heavy atom. The van der Waals surface area contributed by atoms with Gasteiger partial charge in [-0.15, -0.1) is 0 Å². The number of hydrogen-bond donors (Lipinski definition) is 1. The van der Waals surface area contributed by atoms with Crippen molar-refractivity contribution >= 4 is 16.8 Å². The SMILES string of the molecule is CNC(=O)C1(Cc2cc(C(C)C)no2)CCN(Cc2ccnc3ccccc23)C1. The van der Waals surface area contributed by atoms with Gasteiger partial charge >= 0.3 is 0 Å². The number of para-hydroxylation sites is 1. The number of aromatic nitrogens is 2. The summed E-state index contributed by atoms with van der Waals surface area (Å²) in [6, 6.07) is 12.3. The average Bonchev–Trinajstić information content (AvgIpc) is 3.36. The van der Waals surface area contributed by atoms with Crippen LogP contribution in [0, 0.1) is 5.41 Å². The molecule has 1 aromatic carbocycles. The molecular formula is C23H28N4O2. The van der Waals surface area contributed by atoms with Crippen molar-refractivity contribution in [1.29, 1.82) is 0 Å². The summed E-state index contributed by atoms with van der Waals surface area (Å²) in [4.78, 5) is 19.7. The Balaban J connectivity index is 1.55. The highest BCUT2D eigenvalue weighted by molar-refractivity contribution is 5.83. The number of hydrogen-bond acceptors (Lipinski definition) is 5. The van der Waals surface area contributed by atoms with E-state index in [0.29, 0.717) is 18.9 Å². The molecule has 1 fully saturated rings. The van der Waals surface area contributed by atoms with Gasteiger partial charge in [0.05, 0.1) is 16.6 Å². The van der Waals surface area contributed by atoms with Crippen molar-refractivity contribution in [3.05, 3.63) is 59.6 Å². The maximum absolute atomic E-state index is 12.9. The lowest BCUT2D eigenvalue weighted by atomic mass is 9.81. The average molecular weight is 393 g/mol. The standard InChI is InChI=1S/C23H28N4O2/c1-16(2)21-12-18(29-26-21)13-23(22(28)24-3)9-11-27(15-23)14-17-8-10-25-20-7-5-4-6-19(17)20/h4-8,10,12,16H,9,11,13-15H2,1-3H3,(H,24,28). The third-order valence-corrected chi connectivity index (χ3v) is 5.96. The second kappa shape index (κ2) is 7.95. The molecule has 3 aromatic rings. The Morgan fingerprint density at radius 1 is 1.31 bits per heavy atom. The van der Waals surface area contributed by atoms with Gasteiger partial charge in [0.25, 0.3) is 0 Å². The third kappa shape index (κ3) is 3.90. The molecule has 29 heavy (non-hydrogen) atoms. The van der Waals surface area contributed by atoms with Gasteiger partial charge in [0.15, 0.2) is 0 Å². The van der Waals surface area contributed by atoms with Crippen LogP contribution >= 0.6 is 0 Å². The predicted octanol–water partition coefficient (Wildman–Crippen LogP) is 3.53. The minimum atomic E-state index is -0.495. The maximum Gasteiger partial charge on any atom is 0.227 e. The molecule has 1 unspecified atom stereocenters. The zero-order valence-corrected chi connectivity index (χ0v) is 17.3. The van der Waals surface area contributed by atoms with Crippen LogP contribution in [-0.2, 0) is 17.8 Å². The Bertz CT molecular complexity index is 1010. The van der Waals surface area contributed by atoms with Crippen LogP contribution < -0.4 is 5.32 Å². The van der Waals surface area contributed by atoms with E-state index < -0.39 is 5.41 Å². The topological polar surface area (TPSA) is 71.3 Å². The third-order valence-electron chi connectivity index (χ3n) is 5.96. The number of fused-ring (bicyclic) bond motifs is 1. The van der Waals surface area contributed by atoms with Crippen molar-refractivity contribution in [3.8, 4) is 0 Å². The van der Waals surface area contributed by atoms with Crippen LogP contribution in [0.3, 0.4) is 0 Å². The Hall–Kier alpha value is -2.73. The van der Waals surface area contributed by atoms with Crippen LogP contribution in [0.2, 0.25) is 0 Å². The predicted molar refractivity (Wildman–Crippen MR) is 112 cm³/mol. The van der Waals surface area contributed by atoms with Crippen molar-refractivity contribution in [3.63, 3.8) is 0 Å². The molecule has 6 nitrogen and oxygen atoms in total. The van der Waals surface area contributed by atoms with Gasteiger partial charge in [0.2, 0.25) is 5.91 Å². The van der Waals surface area contributed by atoms with Crippen molar-refractivity contribution < 1.29 is 9.32 Å². The van der Waals surface area contributed by atoms with E-state index in [2.05, 4.69) is 46.3 Å². The van der Waals surface area contributed by atoms with Gasteiger partial charge in [-0.2, -0.15) is 0 Å². The lowest BCUT2D eigenvalue weighted by Crippen LogP contribution is -2.43. The Morgan fingerprint density at radius 2 is 2.14 bits per heavy atom. The van der Waals surface area contributed by atoms with E-state index >= 15 is 0 Å². The van der Waals surface area contributed by atoms with E-state index in [1.165, 1.54) is 10.9 Å². The number of benzene rings is 1. The smallest absolute Gasteiger partial charge is 0.227 e. The first kappa shape index (κ1) is 19.6. The summed E-state index contributed by atoms with van der Waals surface area (Å²) in [6.45, 7) is 6.55. The van der Waals surface area contributed by atoms with Gasteiger partial charge in [-0.1, -0.05) is 37.2 Å². The van der Waals surface area contributed by atoms with E-state index in [0.717, 1.165) is 36.5 Å². The number of likely N-dealkylation sites (tertiary alicyclic amines) is 1. The molecular weight excluding hydrogens is 364 g/mol. The number of nitrogens with one attached hydrogen (secondary N) is 1. The van der Waals surface area contributed by atoms with Gasteiger partial charge < -0.3 is 9.84 Å². The first-order valence-corrected chi connectivity index (χ1v) is 10.2. The molecule has 152 valence electrons. The van der Waals surface area contributed by atoms with Gasteiger partial charge in [0.1, 0.15) is 5.76 Å². The molecule has 1 saturated heterocycles. The van der Waals surface area contributed by atoms with E-state index in [1.54, 1.807) is 7.05 Å².